The summed E-state index contributed by atoms with van der Waals surface area (Å²) < 4.78 is 5.86. The van der Waals surface area contributed by atoms with Gasteiger partial charge in [0.25, 0.3) is 5.91 Å². The summed E-state index contributed by atoms with van der Waals surface area (Å²) in [5, 5.41) is 11.5. The molecule has 0 radical (unpaired) electrons. The third-order valence-electron chi connectivity index (χ3n) is 2.17. The predicted octanol–water partition coefficient (Wildman–Crippen LogP) is 1.93. The Morgan fingerprint density at radius 2 is 2.39 bits per heavy atom. The van der Waals surface area contributed by atoms with Gasteiger partial charge in [-0.05, 0) is 35.3 Å². The molecule has 1 heterocycles. The Labute approximate surface area is 114 Å². The SMILES string of the molecule is CCCNC(=O)COc1nc(C)c(C#N)cc1Br. The second-order valence-electron chi connectivity index (χ2n) is 3.66. The molecule has 0 unspecified atom stereocenters. The number of nitrogens with zero attached hydrogens (tertiary/aromatic N) is 2. The molecule has 0 saturated carbocycles. The highest BCUT2D eigenvalue weighted by Gasteiger charge is 2.10. The van der Waals surface area contributed by atoms with E-state index >= 15 is 0 Å². The standard InChI is InChI=1S/C12H14BrN3O2/c1-3-4-15-11(17)7-18-12-10(13)5-9(6-14)8(2)16-12/h5H,3-4,7H2,1-2H3,(H,15,17). The minimum atomic E-state index is -0.187. The van der Waals surface area contributed by atoms with Gasteiger partial charge in [-0.25, -0.2) is 4.98 Å². The maximum atomic E-state index is 11.4. The van der Waals surface area contributed by atoms with Crippen molar-refractivity contribution in [1.82, 2.24) is 10.3 Å². The summed E-state index contributed by atoms with van der Waals surface area (Å²) in [5.41, 5.74) is 1.05. The van der Waals surface area contributed by atoms with Crippen LogP contribution in [-0.2, 0) is 4.79 Å². The second-order valence-corrected chi connectivity index (χ2v) is 4.51. The van der Waals surface area contributed by atoms with Crippen molar-refractivity contribution in [2.45, 2.75) is 20.3 Å². The van der Waals surface area contributed by atoms with Crippen molar-refractivity contribution in [2.75, 3.05) is 13.2 Å². The van der Waals surface area contributed by atoms with E-state index in [1.807, 2.05) is 13.0 Å². The first-order valence-electron chi connectivity index (χ1n) is 5.55. The van der Waals surface area contributed by atoms with E-state index in [0.29, 0.717) is 28.2 Å². The second kappa shape index (κ2) is 6.97. The van der Waals surface area contributed by atoms with Crippen LogP contribution in [0.5, 0.6) is 5.88 Å². The number of pyridine rings is 1. The minimum absolute atomic E-state index is 0.0864. The van der Waals surface area contributed by atoms with Gasteiger partial charge in [0.2, 0.25) is 5.88 Å². The predicted molar refractivity (Wildman–Crippen MR) is 70.2 cm³/mol. The number of carbonyl (C=O) groups is 1. The fourth-order valence-electron chi connectivity index (χ4n) is 1.22. The lowest BCUT2D eigenvalue weighted by Crippen LogP contribution is -2.29. The smallest absolute Gasteiger partial charge is 0.258 e. The van der Waals surface area contributed by atoms with Gasteiger partial charge in [-0.15, -0.1) is 0 Å². The van der Waals surface area contributed by atoms with Gasteiger partial charge in [0, 0.05) is 6.54 Å². The van der Waals surface area contributed by atoms with Crippen molar-refractivity contribution in [3.8, 4) is 11.9 Å². The minimum Gasteiger partial charge on any atom is -0.467 e. The molecule has 5 nitrogen and oxygen atoms in total. The molecule has 0 aliphatic rings. The highest BCUT2D eigenvalue weighted by Crippen LogP contribution is 2.24. The van der Waals surface area contributed by atoms with Gasteiger partial charge in [-0.1, -0.05) is 6.92 Å². The number of carbonyl (C=O) groups excluding carboxylic acids is 1. The molecule has 6 heteroatoms. The van der Waals surface area contributed by atoms with Crippen molar-refractivity contribution in [2.24, 2.45) is 0 Å². The van der Waals surface area contributed by atoms with Crippen molar-refractivity contribution in [3.05, 3.63) is 21.8 Å². The molecule has 0 bridgehead atoms. The van der Waals surface area contributed by atoms with Crippen LogP contribution in [0.2, 0.25) is 0 Å². The summed E-state index contributed by atoms with van der Waals surface area (Å²) in [7, 11) is 0. The van der Waals surface area contributed by atoms with Gasteiger partial charge in [0.15, 0.2) is 6.61 Å². The van der Waals surface area contributed by atoms with Gasteiger partial charge in [-0.3, -0.25) is 4.79 Å². The van der Waals surface area contributed by atoms with Crippen LogP contribution in [0.1, 0.15) is 24.6 Å². The van der Waals surface area contributed by atoms with Crippen LogP contribution in [0.3, 0.4) is 0 Å². The number of amides is 1. The Balaban J connectivity index is 2.66. The number of rotatable bonds is 5. The van der Waals surface area contributed by atoms with Crippen LogP contribution >= 0.6 is 15.9 Å². The zero-order valence-corrected chi connectivity index (χ0v) is 11.9. The van der Waals surface area contributed by atoms with E-state index < -0.39 is 0 Å². The Morgan fingerprint density at radius 3 is 3.00 bits per heavy atom. The van der Waals surface area contributed by atoms with Gasteiger partial charge in [0.1, 0.15) is 6.07 Å². The molecule has 0 fully saturated rings. The van der Waals surface area contributed by atoms with Crippen molar-refractivity contribution >= 4 is 21.8 Å². The summed E-state index contributed by atoms with van der Waals surface area (Å²) in [5.74, 6) is 0.130. The molecule has 1 N–H and O–H groups in total. The highest BCUT2D eigenvalue weighted by molar-refractivity contribution is 9.10. The number of hydrogen-bond acceptors (Lipinski definition) is 4. The van der Waals surface area contributed by atoms with E-state index in [4.69, 9.17) is 10.00 Å². The Morgan fingerprint density at radius 1 is 1.67 bits per heavy atom. The molecule has 1 rings (SSSR count). The third kappa shape index (κ3) is 4.00. The van der Waals surface area contributed by atoms with Crippen molar-refractivity contribution in [3.63, 3.8) is 0 Å². The van der Waals surface area contributed by atoms with Gasteiger partial charge in [0.05, 0.1) is 15.7 Å². The van der Waals surface area contributed by atoms with Crippen molar-refractivity contribution in [1.29, 1.82) is 5.26 Å². The number of halogens is 1. The van der Waals surface area contributed by atoms with Gasteiger partial charge in [-0.2, -0.15) is 5.26 Å². The first-order chi connectivity index (χ1) is 8.58. The fraction of sp³-hybridized carbons (Fsp3) is 0.417. The number of nitriles is 1. The van der Waals surface area contributed by atoms with E-state index in [2.05, 4.69) is 26.2 Å². The van der Waals surface area contributed by atoms with Gasteiger partial charge < -0.3 is 10.1 Å². The maximum Gasteiger partial charge on any atom is 0.258 e. The lowest BCUT2D eigenvalue weighted by Gasteiger charge is -2.08. The van der Waals surface area contributed by atoms with E-state index in [1.54, 1.807) is 13.0 Å². The molecule has 0 spiro atoms. The van der Waals surface area contributed by atoms with Crippen LogP contribution in [0, 0.1) is 18.3 Å². The molecule has 0 aromatic carbocycles. The maximum absolute atomic E-state index is 11.4. The molecule has 0 atom stereocenters. The zero-order chi connectivity index (χ0) is 13.5. The lowest BCUT2D eigenvalue weighted by molar-refractivity contribution is -0.123. The summed E-state index contributed by atoms with van der Waals surface area (Å²) in [6, 6.07) is 3.66. The van der Waals surface area contributed by atoms with Crippen molar-refractivity contribution < 1.29 is 9.53 Å². The zero-order valence-electron chi connectivity index (χ0n) is 10.3. The van der Waals surface area contributed by atoms with E-state index in [-0.39, 0.29) is 12.5 Å². The van der Waals surface area contributed by atoms with Crippen LogP contribution in [-0.4, -0.2) is 24.0 Å². The summed E-state index contributed by atoms with van der Waals surface area (Å²) in [4.78, 5) is 15.5. The largest absolute Gasteiger partial charge is 0.467 e. The summed E-state index contributed by atoms with van der Waals surface area (Å²) in [6.45, 7) is 4.23. The molecule has 1 aromatic heterocycles. The summed E-state index contributed by atoms with van der Waals surface area (Å²) >= 11 is 3.25. The topological polar surface area (TPSA) is 75.0 Å². The normalized spacial score (nSPS) is 9.67. The molecule has 0 saturated heterocycles. The number of hydrogen-bond donors (Lipinski definition) is 1. The van der Waals surface area contributed by atoms with E-state index in [0.717, 1.165) is 6.42 Å². The molecule has 18 heavy (non-hydrogen) atoms. The fourth-order valence-corrected chi connectivity index (χ4v) is 1.65. The first kappa shape index (κ1) is 14.5. The lowest BCUT2D eigenvalue weighted by atomic mass is 10.2. The third-order valence-corrected chi connectivity index (χ3v) is 2.74. The number of nitrogens with one attached hydrogen (secondary N) is 1. The molecule has 1 aromatic rings. The molecular weight excluding hydrogens is 298 g/mol. The Hall–Kier alpha value is -1.61. The first-order valence-corrected chi connectivity index (χ1v) is 6.34. The quantitative estimate of drug-likeness (QED) is 0.901. The number of ether oxygens (including phenoxy) is 1. The van der Waals surface area contributed by atoms with E-state index in [9.17, 15) is 4.79 Å². The van der Waals surface area contributed by atoms with Crippen LogP contribution < -0.4 is 10.1 Å². The van der Waals surface area contributed by atoms with Gasteiger partial charge >= 0.3 is 0 Å². The Kier molecular flexibility index (Phi) is 5.59. The number of aryl methyl sites for hydroxylation is 1. The highest BCUT2D eigenvalue weighted by atomic mass is 79.9. The molecule has 1 amide bonds. The van der Waals surface area contributed by atoms with Crippen LogP contribution in [0.25, 0.3) is 0 Å². The monoisotopic (exact) mass is 311 g/mol. The molecule has 96 valence electrons. The number of aromatic nitrogens is 1. The average molecular weight is 312 g/mol. The molecule has 0 aliphatic carbocycles. The average Bonchev–Trinajstić information content (AvgIpc) is 2.36. The van der Waals surface area contributed by atoms with E-state index in [1.165, 1.54) is 0 Å². The van der Waals surface area contributed by atoms with Crippen LogP contribution in [0.4, 0.5) is 0 Å². The van der Waals surface area contributed by atoms with Crippen LogP contribution in [0.15, 0.2) is 10.5 Å². The molecular formula is C12H14BrN3O2. The Bertz CT molecular complexity index is 483. The molecule has 0 aliphatic heterocycles. The summed E-state index contributed by atoms with van der Waals surface area (Å²) in [6.07, 6.45) is 0.879.